The molecule has 128 valence electrons. The topological polar surface area (TPSA) is 38.3 Å². The summed E-state index contributed by atoms with van der Waals surface area (Å²) in [5, 5.41) is 3.59. The molecule has 0 heterocycles. The van der Waals surface area contributed by atoms with E-state index < -0.39 is 5.60 Å². The van der Waals surface area contributed by atoms with Crippen LogP contribution in [0.4, 0.5) is 0 Å². The minimum atomic E-state index is -0.933. The van der Waals surface area contributed by atoms with Crippen LogP contribution in [-0.4, -0.2) is 18.1 Å². The van der Waals surface area contributed by atoms with E-state index in [0.717, 1.165) is 12.8 Å². The summed E-state index contributed by atoms with van der Waals surface area (Å²) in [5.74, 6) is 0.501. The fraction of sp³-hybridized carbons (Fsp3) is 0.350. The van der Waals surface area contributed by atoms with Gasteiger partial charge in [0.25, 0.3) is 5.91 Å². The SMILES string of the molecule is Cc1ccc(CCCNC(=O)C(C)(C)Oc2ccc(Cl)cc2)cc1. The Morgan fingerprint density at radius 3 is 2.33 bits per heavy atom. The van der Waals surface area contributed by atoms with Crippen LogP contribution in [0.2, 0.25) is 5.02 Å². The lowest BCUT2D eigenvalue weighted by molar-refractivity contribution is -0.134. The molecule has 0 aliphatic rings. The van der Waals surface area contributed by atoms with Crippen molar-refractivity contribution in [2.75, 3.05) is 6.54 Å². The molecule has 2 rings (SSSR count). The third kappa shape index (κ3) is 5.57. The molecule has 3 nitrogen and oxygen atoms in total. The van der Waals surface area contributed by atoms with Crippen LogP contribution in [0.25, 0.3) is 0 Å². The number of carbonyl (C=O) groups excluding carboxylic acids is 1. The molecule has 0 fully saturated rings. The summed E-state index contributed by atoms with van der Waals surface area (Å²) in [6, 6.07) is 15.5. The lowest BCUT2D eigenvalue weighted by Gasteiger charge is -2.25. The summed E-state index contributed by atoms with van der Waals surface area (Å²) >= 11 is 5.85. The molecule has 1 N–H and O–H groups in total. The third-order valence-electron chi connectivity index (χ3n) is 3.78. The first-order chi connectivity index (χ1) is 11.4. The fourth-order valence-corrected chi connectivity index (χ4v) is 2.43. The van der Waals surface area contributed by atoms with E-state index in [1.54, 1.807) is 38.1 Å². The predicted octanol–water partition coefficient (Wildman–Crippen LogP) is 4.55. The van der Waals surface area contributed by atoms with Crippen LogP contribution < -0.4 is 10.1 Å². The van der Waals surface area contributed by atoms with Gasteiger partial charge in [0.1, 0.15) is 5.75 Å². The van der Waals surface area contributed by atoms with Crippen molar-refractivity contribution in [2.45, 2.75) is 39.2 Å². The highest BCUT2D eigenvalue weighted by Gasteiger charge is 2.29. The van der Waals surface area contributed by atoms with Crippen molar-refractivity contribution in [2.24, 2.45) is 0 Å². The molecule has 0 radical (unpaired) electrons. The largest absolute Gasteiger partial charge is 0.478 e. The van der Waals surface area contributed by atoms with Gasteiger partial charge in [0.2, 0.25) is 0 Å². The molecule has 0 unspecified atom stereocenters. The van der Waals surface area contributed by atoms with Crippen molar-refractivity contribution in [3.05, 3.63) is 64.7 Å². The number of benzene rings is 2. The summed E-state index contributed by atoms with van der Waals surface area (Å²) in [6.45, 7) is 6.22. The van der Waals surface area contributed by atoms with E-state index in [4.69, 9.17) is 16.3 Å². The van der Waals surface area contributed by atoms with Gasteiger partial charge >= 0.3 is 0 Å². The molecule has 0 bridgehead atoms. The van der Waals surface area contributed by atoms with E-state index in [9.17, 15) is 4.79 Å². The maximum atomic E-state index is 12.3. The monoisotopic (exact) mass is 345 g/mol. The van der Waals surface area contributed by atoms with Gasteiger partial charge in [-0.3, -0.25) is 4.79 Å². The fourth-order valence-electron chi connectivity index (χ4n) is 2.31. The highest BCUT2D eigenvalue weighted by atomic mass is 35.5. The molecule has 2 aromatic rings. The summed E-state index contributed by atoms with van der Waals surface area (Å²) in [4.78, 5) is 12.3. The van der Waals surface area contributed by atoms with Gasteiger partial charge in [-0.1, -0.05) is 41.4 Å². The van der Waals surface area contributed by atoms with E-state index in [1.807, 2.05) is 0 Å². The lowest BCUT2D eigenvalue weighted by Crippen LogP contribution is -2.46. The lowest BCUT2D eigenvalue weighted by atomic mass is 10.1. The normalized spacial score (nSPS) is 11.2. The van der Waals surface area contributed by atoms with E-state index >= 15 is 0 Å². The molecule has 4 heteroatoms. The minimum Gasteiger partial charge on any atom is -0.478 e. The summed E-state index contributed by atoms with van der Waals surface area (Å²) in [7, 11) is 0. The smallest absolute Gasteiger partial charge is 0.263 e. The number of nitrogens with one attached hydrogen (secondary N) is 1. The van der Waals surface area contributed by atoms with E-state index in [2.05, 4.69) is 36.5 Å². The Morgan fingerprint density at radius 2 is 1.71 bits per heavy atom. The van der Waals surface area contributed by atoms with Gasteiger partial charge in [0, 0.05) is 11.6 Å². The van der Waals surface area contributed by atoms with Crippen molar-refractivity contribution >= 4 is 17.5 Å². The van der Waals surface area contributed by atoms with Crippen LogP contribution in [0.3, 0.4) is 0 Å². The standard InChI is InChI=1S/C20H24ClNO2/c1-15-6-8-16(9-7-15)5-4-14-22-19(23)20(2,3)24-18-12-10-17(21)11-13-18/h6-13H,4-5,14H2,1-3H3,(H,22,23). The zero-order valence-corrected chi connectivity index (χ0v) is 15.2. The van der Waals surface area contributed by atoms with Crippen LogP contribution in [0.15, 0.2) is 48.5 Å². The average Bonchev–Trinajstić information content (AvgIpc) is 2.55. The second kappa shape index (κ2) is 8.20. The van der Waals surface area contributed by atoms with Gasteiger partial charge in [-0.25, -0.2) is 0 Å². The van der Waals surface area contributed by atoms with Gasteiger partial charge in [-0.15, -0.1) is 0 Å². The number of ether oxygens (including phenoxy) is 1. The molecule has 0 aliphatic heterocycles. The molecule has 24 heavy (non-hydrogen) atoms. The number of aryl methyl sites for hydroxylation is 2. The molecule has 0 saturated heterocycles. The second-order valence-corrected chi connectivity index (χ2v) is 6.85. The number of halogens is 1. The molecule has 0 spiro atoms. The Hall–Kier alpha value is -2.00. The molecule has 0 saturated carbocycles. The molecule has 0 aliphatic carbocycles. The number of carbonyl (C=O) groups is 1. The first kappa shape index (κ1) is 18.3. The zero-order chi connectivity index (χ0) is 17.6. The predicted molar refractivity (Wildman–Crippen MR) is 98.7 cm³/mol. The van der Waals surface area contributed by atoms with Crippen molar-refractivity contribution in [3.8, 4) is 5.75 Å². The van der Waals surface area contributed by atoms with E-state index in [0.29, 0.717) is 17.3 Å². The molecular formula is C20H24ClNO2. The molecule has 1 amide bonds. The average molecular weight is 346 g/mol. The summed E-state index contributed by atoms with van der Waals surface area (Å²) < 4.78 is 5.78. The molecule has 2 aromatic carbocycles. The van der Waals surface area contributed by atoms with Crippen molar-refractivity contribution < 1.29 is 9.53 Å². The van der Waals surface area contributed by atoms with Crippen LogP contribution in [0.1, 0.15) is 31.4 Å². The van der Waals surface area contributed by atoms with E-state index in [1.165, 1.54) is 11.1 Å². The van der Waals surface area contributed by atoms with Gasteiger partial charge in [-0.2, -0.15) is 0 Å². The van der Waals surface area contributed by atoms with Crippen LogP contribution in [0.5, 0.6) is 5.75 Å². The first-order valence-electron chi connectivity index (χ1n) is 8.15. The third-order valence-corrected chi connectivity index (χ3v) is 4.03. The van der Waals surface area contributed by atoms with Crippen LogP contribution in [-0.2, 0) is 11.2 Å². The first-order valence-corrected chi connectivity index (χ1v) is 8.53. The summed E-state index contributed by atoms with van der Waals surface area (Å²) in [6.07, 6.45) is 1.84. The van der Waals surface area contributed by atoms with Gasteiger partial charge in [0.05, 0.1) is 0 Å². The van der Waals surface area contributed by atoms with Gasteiger partial charge < -0.3 is 10.1 Å². The highest BCUT2D eigenvalue weighted by Crippen LogP contribution is 2.21. The minimum absolute atomic E-state index is 0.124. The van der Waals surface area contributed by atoms with Crippen LogP contribution in [0, 0.1) is 6.92 Å². The number of hydrogen-bond acceptors (Lipinski definition) is 2. The maximum absolute atomic E-state index is 12.3. The van der Waals surface area contributed by atoms with Crippen LogP contribution >= 0.6 is 11.6 Å². The molecular weight excluding hydrogens is 322 g/mol. The van der Waals surface area contributed by atoms with Gasteiger partial charge in [0.15, 0.2) is 5.60 Å². The molecule has 0 atom stereocenters. The Balaban J connectivity index is 1.77. The number of rotatable bonds is 7. The highest BCUT2D eigenvalue weighted by molar-refractivity contribution is 6.30. The zero-order valence-electron chi connectivity index (χ0n) is 14.4. The Labute approximate surface area is 149 Å². The second-order valence-electron chi connectivity index (χ2n) is 6.41. The van der Waals surface area contributed by atoms with E-state index in [-0.39, 0.29) is 5.91 Å². The van der Waals surface area contributed by atoms with Crippen molar-refractivity contribution in [1.29, 1.82) is 0 Å². The Kier molecular flexibility index (Phi) is 6.27. The summed E-state index contributed by atoms with van der Waals surface area (Å²) in [5.41, 5.74) is 1.61. The van der Waals surface area contributed by atoms with Crippen molar-refractivity contribution in [3.63, 3.8) is 0 Å². The maximum Gasteiger partial charge on any atom is 0.263 e. The quantitative estimate of drug-likeness (QED) is 0.747. The number of hydrogen-bond donors (Lipinski definition) is 1. The van der Waals surface area contributed by atoms with Crippen molar-refractivity contribution in [1.82, 2.24) is 5.32 Å². The van der Waals surface area contributed by atoms with Gasteiger partial charge in [-0.05, 0) is 63.4 Å². The number of amides is 1. The Bertz CT molecular complexity index is 663. The molecule has 0 aromatic heterocycles. The Morgan fingerprint density at radius 1 is 1.08 bits per heavy atom.